The van der Waals surface area contributed by atoms with Crippen molar-refractivity contribution in [3.63, 3.8) is 0 Å². The average Bonchev–Trinajstić information content (AvgIpc) is 2.54. The summed E-state index contributed by atoms with van der Waals surface area (Å²) in [6.45, 7) is 0. The minimum absolute atomic E-state index is 0.137. The fraction of sp³-hybridized carbons (Fsp3) is 0.111. The second-order valence-electron chi connectivity index (χ2n) is 5.61. The van der Waals surface area contributed by atoms with E-state index in [0.717, 1.165) is 0 Å². The Bertz CT molecular complexity index is 1020. The summed E-state index contributed by atoms with van der Waals surface area (Å²) in [4.78, 5) is 27.4. The minimum atomic E-state index is -0.789. The molecule has 2 aromatic carbocycles. The van der Waals surface area contributed by atoms with Crippen molar-refractivity contribution in [3.05, 3.63) is 74.8 Å². The quantitative estimate of drug-likeness (QED) is 0.684. The Morgan fingerprint density at radius 3 is 2.67 bits per heavy atom. The molecule has 6 heteroatoms. The predicted octanol–water partition coefficient (Wildman–Crippen LogP) is 3.76. The van der Waals surface area contributed by atoms with Crippen molar-refractivity contribution in [2.75, 3.05) is 0 Å². The van der Waals surface area contributed by atoms with E-state index in [1.165, 1.54) is 18.2 Å². The first-order valence-electron chi connectivity index (χ1n) is 7.35. The standard InChI is InChI=1S/C18H11ClFNO3/c19-11-5-3-6-12(20)15(11)10-8-14(22)24-17-9-4-1-2-7-13(9)21-18(23)16(10)17/h1-7,10H,8H2,(H,21,23)/t10-/m1/s1. The van der Waals surface area contributed by atoms with E-state index in [-0.39, 0.29) is 28.3 Å². The Morgan fingerprint density at radius 1 is 1.08 bits per heavy atom. The lowest BCUT2D eigenvalue weighted by atomic mass is 9.86. The first-order chi connectivity index (χ1) is 11.6. The maximum Gasteiger partial charge on any atom is 0.312 e. The second-order valence-corrected chi connectivity index (χ2v) is 6.02. The summed E-state index contributed by atoms with van der Waals surface area (Å²) in [5.74, 6) is -1.69. The molecule has 0 bridgehead atoms. The van der Waals surface area contributed by atoms with E-state index < -0.39 is 23.3 Å². The maximum atomic E-state index is 14.4. The van der Waals surface area contributed by atoms with Gasteiger partial charge in [0.25, 0.3) is 5.56 Å². The number of fused-ring (bicyclic) bond motifs is 3. The Kier molecular flexibility index (Phi) is 3.39. The molecular weight excluding hydrogens is 333 g/mol. The molecule has 1 aromatic heterocycles. The summed E-state index contributed by atoms with van der Waals surface area (Å²) in [6, 6.07) is 11.3. The number of halogens is 2. The van der Waals surface area contributed by atoms with Gasteiger partial charge in [0, 0.05) is 21.9 Å². The molecular formula is C18H11ClFNO3. The average molecular weight is 344 g/mol. The first-order valence-corrected chi connectivity index (χ1v) is 7.73. The number of aromatic nitrogens is 1. The monoisotopic (exact) mass is 343 g/mol. The van der Waals surface area contributed by atoms with Crippen LogP contribution >= 0.6 is 11.6 Å². The number of esters is 1. The number of hydrogen-bond donors (Lipinski definition) is 1. The van der Waals surface area contributed by atoms with Crippen LogP contribution in [0.4, 0.5) is 4.39 Å². The number of carbonyl (C=O) groups is 1. The van der Waals surface area contributed by atoms with Crippen molar-refractivity contribution in [2.24, 2.45) is 0 Å². The van der Waals surface area contributed by atoms with Crippen molar-refractivity contribution < 1.29 is 13.9 Å². The largest absolute Gasteiger partial charge is 0.425 e. The highest BCUT2D eigenvalue weighted by molar-refractivity contribution is 6.31. The number of aromatic amines is 1. The Balaban J connectivity index is 2.07. The zero-order valence-electron chi connectivity index (χ0n) is 12.3. The van der Waals surface area contributed by atoms with Crippen LogP contribution in [-0.2, 0) is 4.79 Å². The molecule has 0 saturated carbocycles. The molecule has 4 nitrogen and oxygen atoms in total. The third kappa shape index (κ3) is 2.20. The third-order valence-electron chi connectivity index (χ3n) is 4.19. The van der Waals surface area contributed by atoms with E-state index in [0.29, 0.717) is 10.9 Å². The molecule has 1 N–H and O–H groups in total. The number of nitrogens with one attached hydrogen (secondary N) is 1. The minimum Gasteiger partial charge on any atom is -0.425 e. The van der Waals surface area contributed by atoms with Gasteiger partial charge in [-0.3, -0.25) is 9.59 Å². The molecule has 2 heterocycles. The van der Waals surface area contributed by atoms with E-state index >= 15 is 0 Å². The topological polar surface area (TPSA) is 59.2 Å². The smallest absolute Gasteiger partial charge is 0.312 e. The highest BCUT2D eigenvalue weighted by atomic mass is 35.5. The van der Waals surface area contributed by atoms with Crippen molar-refractivity contribution in [1.82, 2.24) is 4.98 Å². The number of para-hydroxylation sites is 1. The number of carbonyl (C=O) groups excluding carboxylic acids is 1. The normalized spacial score (nSPS) is 16.8. The Morgan fingerprint density at radius 2 is 1.88 bits per heavy atom. The zero-order valence-corrected chi connectivity index (χ0v) is 13.1. The van der Waals surface area contributed by atoms with Crippen molar-refractivity contribution >= 4 is 28.5 Å². The summed E-state index contributed by atoms with van der Waals surface area (Å²) in [7, 11) is 0. The molecule has 120 valence electrons. The van der Waals surface area contributed by atoms with Crippen LogP contribution in [0.15, 0.2) is 47.3 Å². The number of H-pyrrole nitrogens is 1. The Hall–Kier alpha value is -2.66. The lowest BCUT2D eigenvalue weighted by Gasteiger charge is -2.25. The fourth-order valence-corrected chi connectivity index (χ4v) is 3.46. The first kappa shape index (κ1) is 14.9. The zero-order chi connectivity index (χ0) is 16.8. The van der Waals surface area contributed by atoms with Crippen LogP contribution < -0.4 is 10.3 Å². The van der Waals surface area contributed by atoms with E-state index in [4.69, 9.17) is 16.3 Å². The van der Waals surface area contributed by atoms with Gasteiger partial charge in [-0.1, -0.05) is 29.8 Å². The molecule has 24 heavy (non-hydrogen) atoms. The molecule has 0 saturated heterocycles. The van der Waals surface area contributed by atoms with Gasteiger partial charge in [-0.05, 0) is 24.3 Å². The molecule has 4 rings (SSSR count). The lowest BCUT2D eigenvalue weighted by Crippen LogP contribution is -2.28. The molecule has 1 aliphatic heterocycles. The number of ether oxygens (including phenoxy) is 1. The van der Waals surface area contributed by atoms with Crippen LogP contribution in [-0.4, -0.2) is 11.0 Å². The van der Waals surface area contributed by atoms with Crippen LogP contribution in [0, 0.1) is 5.82 Å². The van der Waals surface area contributed by atoms with Gasteiger partial charge in [-0.25, -0.2) is 4.39 Å². The lowest BCUT2D eigenvalue weighted by molar-refractivity contribution is -0.135. The third-order valence-corrected chi connectivity index (χ3v) is 4.52. The van der Waals surface area contributed by atoms with Gasteiger partial charge in [0.2, 0.25) is 0 Å². The summed E-state index contributed by atoms with van der Waals surface area (Å²) in [5, 5.41) is 0.769. The SMILES string of the molecule is O=C1C[C@H](c2c(F)cccc2Cl)c2c(c3ccccc3[nH]c2=O)O1. The van der Waals surface area contributed by atoms with Gasteiger partial charge in [0.1, 0.15) is 11.6 Å². The van der Waals surface area contributed by atoms with Gasteiger partial charge in [0.15, 0.2) is 0 Å². The van der Waals surface area contributed by atoms with Gasteiger partial charge >= 0.3 is 5.97 Å². The van der Waals surface area contributed by atoms with Crippen LogP contribution in [0.2, 0.25) is 5.02 Å². The van der Waals surface area contributed by atoms with Gasteiger partial charge < -0.3 is 9.72 Å². The van der Waals surface area contributed by atoms with Crippen molar-refractivity contribution in [1.29, 1.82) is 0 Å². The molecule has 0 aliphatic carbocycles. The molecule has 3 aromatic rings. The summed E-state index contributed by atoms with van der Waals surface area (Å²) in [6.07, 6.45) is -0.144. The number of pyridine rings is 1. The molecule has 1 aliphatic rings. The molecule has 1 atom stereocenters. The van der Waals surface area contributed by atoms with Crippen LogP contribution in [0.25, 0.3) is 10.9 Å². The molecule has 0 amide bonds. The van der Waals surface area contributed by atoms with E-state index in [9.17, 15) is 14.0 Å². The van der Waals surface area contributed by atoms with Crippen LogP contribution in [0.5, 0.6) is 5.75 Å². The predicted molar refractivity (Wildman–Crippen MR) is 88.1 cm³/mol. The van der Waals surface area contributed by atoms with Gasteiger partial charge in [0.05, 0.1) is 17.5 Å². The number of hydrogen-bond acceptors (Lipinski definition) is 3. The van der Waals surface area contributed by atoms with E-state index in [1.54, 1.807) is 24.3 Å². The fourth-order valence-electron chi connectivity index (χ4n) is 3.17. The summed E-state index contributed by atoms with van der Waals surface area (Å²) < 4.78 is 19.7. The van der Waals surface area contributed by atoms with Crippen LogP contribution in [0.3, 0.4) is 0 Å². The molecule has 0 radical (unpaired) electrons. The molecule has 0 spiro atoms. The summed E-state index contributed by atoms with van der Waals surface area (Å²) >= 11 is 6.14. The maximum absolute atomic E-state index is 14.4. The van der Waals surface area contributed by atoms with E-state index in [2.05, 4.69) is 4.98 Å². The number of benzene rings is 2. The van der Waals surface area contributed by atoms with Gasteiger partial charge in [-0.15, -0.1) is 0 Å². The number of rotatable bonds is 1. The van der Waals surface area contributed by atoms with E-state index in [1.807, 2.05) is 0 Å². The van der Waals surface area contributed by atoms with Crippen molar-refractivity contribution in [3.8, 4) is 5.75 Å². The van der Waals surface area contributed by atoms with Crippen molar-refractivity contribution in [2.45, 2.75) is 12.3 Å². The van der Waals surface area contributed by atoms with Crippen LogP contribution in [0.1, 0.15) is 23.5 Å². The second kappa shape index (κ2) is 5.46. The Labute approximate surface area is 140 Å². The highest BCUT2D eigenvalue weighted by Gasteiger charge is 2.35. The van der Waals surface area contributed by atoms with Gasteiger partial charge in [-0.2, -0.15) is 0 Å². The highest BCUT2D eigenvalue weighted by Crippen LogP contribution is 2.42. The molecule has 0 unspecified atom stereocenters. The molecule has 0 fully saturated rings. The summed E-state index contributed by atoms with van der Waals surface area (Å²) in [5.41, 5.74) is 0.494.